The molecule has 1 aromatic rings. The van der Waals surface area contributed by atoms with Gasteiger partial charge in [0.1, 0.15) is 5.76 Å². The lowest BCUT2D eigenvalue weighted by molar-refractivity contribution is 0.387. The SMILES string of the molecule is C=CCNC(=NCCc1ccco1)NC1CC2CCC1C2. The molecule has 2 aliphatic carbocycles. The molecule has 4 heteroatoms. The number of hydrogen-bond acceptors (Lipinski definition) is 2. The van der Waals surface area contributed by atoms with Crippen LogP contribution < -0.4 is 10.6 Å². The molecule has 2 fully saturated rings. The molecule has 2 bridgehead atoms. The maximum absolute atomic E-state index is 5.34. The van der Waals surface area contributed by atoms with E-state index in [4.69, 9.17) is 4.42 Å². The van der Waals surface area contributed by atoms with Crippen LogP contribution in [0.1, 0.15) is 31.4 Å². The minimum Gasteiger partial charge on any atom is -0.469 e. The van der Waals surface area contributed by atoms with E-state index in [9.17, 15) is 0 Å². The predicted molar refractivity (Wildman–Crippen MR) is 85.3 cm³/mol. The van der Waals surface area contributed by atoms with Crippen LogP contribution in [0.4, 0.5) is 0 Å². The fourth-order valence-corrected chi connectivity index (χ4v) is 3.65. The third-order valence-electron chi connectivity index (χ3n) is 4.68. The van der Waals surface area contributed by atoms with Crippen molar-refractivity contribution in [3.63, 3.8) is 0 Å². The molecule has 3 rings (SSSR count). The van der Waals surface area contributed by atoms with Gasteiger partial charge in [-0.15, -0.1) is 6.58 Å². The summed E-state index contributed by atoms with van der Waals surface area (Å²) >= 11 is 0. The first kappa shape index (κ1) is 14.2. The molecule has 21 heavy (non-hydrogen) atoms. The van der Waals surface area contributed by atoms with Crippen LogP contribution >= 0.6 is 0 Å². The largest absolute Gasteiger partial charge is 0.469 e. The van der Waals surface area contributed by atoms with Gasteiger partial charge in [-0.3, -0.25) is 4.99 Å². The first-order valence-corrected chi connectivity index (χ1v) is 8.03. The highest BCUT2D eigenvalue weighted by Crippen LogP contribution is 2.44. The average molecular weight is 287 g/mol. The number of nitrogens with zero attached hydrogens (tertiary/aromatic N) is 1. The van der Waals surface area contributed by atoms with Crippen molar-refractivity contribution in [3.8, 4) is 0 Å². The maximum atomic E-state index is 5.34. The summed E-state index contributed by atoms with van der Waals surface area (Å²) in [5, 5.41) is 6.95. The van der Waals surface area contributed by atoms with Crippen molar-refractivity contribution >= 4 is 5.96 Å². The Kier molecular flexibility index (Phi) is 4.63. The Morgan fingerprint density at radius 3 is 3.05 bits per heavy atom. The summed E-state index contributed by atoms with van der Waals surface area (Å²) in [5.74, 6) is 3.69. The summed E-state index contributed by atoms with van der Waals surface area (Å²) in [4.78, 5) is 4.67. The Hall–Kier alpha value is -1.71. The van der Waals surface area contributed by atoms with Crippen LogP contribution in [0.15, 0.2) is 40.5 Å². The standard InChI is InChI=1S/C17H25N3O/c1-2-8-18-17(19-9-7-15-4-3-10-21-15)20-16-12-13-5-6-14(16)11-13/h2-4,10,13-14,16H,1,5-9,11-12H2,(H2,18,19,20). The average Bonchev–Trinajstić information content (AvgIpc) is 3.21. The van der Waals surface area contributed by atoms with Crippen molar-refractivity contribution in [1.29, 1.82) is 0 Å². The molecule has 0 amide bonds. The van der Waals surface area contributed by atoms with Crippen molar-refractivity contribution < 1.29 is 4.42 Å². The molecule has 3 atom stereocenters. The number of rotatable bonds is 6. The summed E-state index contributed by atoms with van der Waals surface area (Å²) in [7, 11) is 0. The second-order valence-electron chi connectivity index (χ2n) is 6.15. The molecule has 4 nitrogen and oxygen atoms in total. The summed E-state index contributed by atoms with van der Waals surface area (Å²) in [6.45, 7) is 5.24. The quantitative estimate of drug-likeness (QED) is 0.480. The Labute approximate surface area is 126 Å². The van der Waals surface area contributed by atoms with E-state index in [1.54, 1.807) is 6.26 Å². The molecule has 2 saturated carbocycles. The minimum absolute atomic E-state index is 0.600. The van der Waals surface area contributed by atoms with E-state index in [2.05, 4.69) is 22.2 Å². The summed E-state index contributed by atoms with van der Waals surface area (Å²) in [5.41, 5.74) is 0. The van der Waals surface area contributed by atoms with Gasteiger partial charge in [-0.2, -0.15) is 0 Å². The lowest BCUT2D eigenvalue weighted by atomic mass is 9.95. The van der Waals surface area contributed by atoms with E-state index in [0.717, 1.165) is 43.1 Å². The van der Waals surface area contributed by atoms with Gasteiger partial charge in [-0.25, -0.2) is 0 Å². The van der Waals surface area contributed by atoms with Gasteiger partial charge < -0.3 is 15.1 Å². The number of furan rings is 1. The normalized spacial score (nSPS) is 27.8. The van der Waals surface area contributed by atoms with Crippen LogP contribution in [-0.4, -0.2) is 25.1 Å². The van der Waals surface area contributed by atoms with Gasteiger partial charge in [-0.05, 0) is 43.2 Å². The highest BCUT2D eigenvalue weighted by atomic mass is 16.3. The summed E-state index contributed by atoms with van der Waals surface area (Å²) in [6, 6.07) is 4.52. The van der Waals surface area contributed by atoms with Gasteiger partial charge in [0.2, 0.25) is 0 Å². The Balaban J connectivity index is 1.53. The second-order valence-corrected chi connectivity index (χ2v) is 6.15. The summed E-state index contributed by atoms with van der Waals surface area (Å²) < 4.78 is 5.34. The van der Waals surface area contributed by atoms with Gasteiger partial charge >= 0.3 is 0 Å². The molecule has 2 aliphatic rings. The smallest absolute Gasteiger partial charge is 0.191 e. The monoisotopic (exact) mass is 287 g/mol. The molecule has 3 unspecified atom stereocenters. The van der Waals surface area contributed by atoms with Crippen LogP contribution in [-0.2, 0) is 6.42 Å². The summed E-state index contributed by atoms with van der Waals surface area (Å²) in [6.07, 6.45) is 9.92. The van der Waals surface area contributed by atoms with Crippen molar-refractivity contribution in [1.82, 2.24) is 10.6 Å². The molecule has 0 aromatic carbocycles. The zero-order chi connectivity index (χ0) is 14.5. The second kappa shape index (κ2) is 6.83. The van der Waals surface area contributed by atoms with Gasteiger partial charge in [0.15, 0.2) is 5.96 Å². The number of nitrogens with one attached hydrogen (secondary N) is 2. The van der Waals surface area contributed by atoms with Crippen LogP contribution in [0.25, 0.3) is 0 Å². The van der Waals surface area contributed by atoms with Crippen molar-refractivity contribution in [2.75, 3.05) is 13.1 Å². The minimum atomic E-state index is 0.600. The fraction of sp³-hybridized carbons (Fsp3) is 0.588. The Morgan fingerprint density at radius 2 is 2.38 bits per heavy atom. The van der Waals surface area contributed by atoms with Crippen LogP contribution in [0, 0.1) is 11.8 Å². The van der Waals surface area contributed by atoms with E-state index < -0.39 is 0 Å². The van der Waals surface area contributed by atoms with Crippen LogP contribution in [0.5, 0.6) is 0 Å². The lowest BCUT2D eigenvalue weighted by Crippen LogP contribution is -2.45. The predicted octanol–water partition coefficient (Wildman–Crippen LogP) is 2.73. The molecular formula is C17H25N3O. The van der Waals surface area contributed by atoms with E-state index in [0.29, 0.717) is 6.04 Å². The van der Waals surface area contributed by atoms with Crippen molar-refractivity contribution in [2.45, 2.75) is 38.1 Å². The number of aliphatic imine (C=N–C) groups is 1. The van der Waals surface area contributed by atoms with Gasteiger partial charge in [0.25, 0.3) is 0 Å². The number of hydrogen-bond donors (Lipinski definition) is 2. The lowest BCUT2D eigenvalue weighted by Gasteiger charge is -2.25. The van der Waals surface area contributed by atoms with E-state index in [1.165, 1.54) is 25.7 Å². The molecule has 0 radical (unpaired) electrons. The third kappa shape index (κ3) is 3.69. The number of fused-ring (bicyclic) bond motifs is 2. The molecule has 2 N–H and O–H groups in total. The number of guanidine groups is 1. The van der Waals surface area contributed by atoms with E-state index >= 15 is 0 Å². The van der Waals surface area contributed by atoms with Crippen molar-refractivity contribution in [3.05, 3.63) is 36.8 Å². The fourth-order valence-electron chi connectivity index (χ4n) is 3.65. The maximum Gasteiger partial charge on any atom is 0.191 e. The van der Waals surface area contributed by atoms with E-state index in [-0.39, 0.29) is 0 Å². The first-order chi connectivity index (χ1) is 10.3. The highest BCUT2D eigenvalue weighted by molar-refractivity contribution is 5.80. The molecular weight excluding hydrogens is 262 g/mol. The van der Waals surface area contributed by atoms with Crippen molar-refractivity contribution in [2.24, 2.45) is 16.8 Å². The first-order valence-electron chi connectivity index (χ1n) is 8.03. The van der Waals surface area contributed by atoms with Crippen LogP contribution in [0.2, 0.25) is 0 Å². The van der Waals surface area contributed by atoms with Gasteiger partial charge in [-0.1, -0.05) is 12.5 Å². The topological polar surface area (TPSA) is 49.6 Å². The molecule has 0 spiro atoms. The van der Waals surface area contributed by atoms with Gasteiger partial charge in [0.05, 0.1) is 6.26 Å². The van der Waals surface area contributed by atoms with Gasteiger partial charge in [0, 0.05) is 25.6 Å². The Bertz CT molecular complexity index is 480. The molecule has 114 valence electrons. The highest BCUT2D eigenvalue weighted by Gasteiger charge is 2.39. The zero-order valence-electron chi connectivity index (χ0n) is 12.6. The molecule has 0 aliphatic heterocycles. The molecule has 0 saturated heterocycles. The third-order valence-corrected chi connectivity index (χ3v) is 4.68. The van der Waals surface area contributed by atoms with E-state index in [1.807, 2.05) is 18.2 Å². The molecule has 1 heterocycles. The molecule has 1 aromatic heterocycles. The van der Waals surface area contributed by atoms with Crippen LogP contribution in [0.3, 0.4) is 0 Å². The Morgan fingerprint density at radius 1 is 1.43 bits per heavy atom. The zero-order valence-corrected chi connectivity index (χ0v) is 12.6.